The maximum atomic E-state index is 13.3. The summed E-state index contributed by atoms with van der Waals surface area (Å²) in [7, 11) is 0. The molecule has 0 aliphatic rings. The van der Waals surface area contributed by atoms with Gasteiger partial charge in [-0.1, -0.05) is 65.3 Å². The molecule has 0 unspecified atom stereocenters. The zero-order valence-corrected chi connectivity index (χ0v) is 18.7. The summed E-state index contributed by atoms with van der Waals surface area (Å²) in [5, 5.41) is 10.3. The monoisotopic (exact) mass is 480 g/mol. The Kier molecular flexibility index (Phi) is 5.70. The van der Waals surface area contributed by atoms with Gasteiger partial charge in [0.2, 0.25) is 11.8 Å². The Balaban J connectivity index is 1.53. The Morgan fingerprint density at radius 1 is 0.938 bits per heavy atom. The minimum absolute atomic E-state index is 0.178. The summed E-state index contributed by atoms with van der Waals surface area (Å²) in [5.74, 6) is 1.05. The van der Waals surface area contributed by atoms with E-state index >= 15 is 0 Å². The lowest BCUT2D eigenvalue weighted by atomic mass is 10.2. The van der Waals surface area contributed by atoms with Crippen molar-refractivity contribution in [3.8, 4) is 17.1 Å². The third-order valence-corrected chi connectivity index (χ3v) is 6.20. The van der Waals surface area contributed by atoms with E-state index in [4.69, 9.17) is 32.6 Å². The van der Waals surface area contributed by atoms with Crippen LogP contribution in [0.5, 0.6) is 0 Å². The number of para-hydroxylation sites is 1. The Bertz CT molecular complexity index is 1500. The van der Waals surface area contributed by atoms with Crippen molar-refractivity contribution in [2.45, 2.75) is 10.9 Å². The summed E-state index contributed by atoms with van der Waals surface area (Å²) in [5.41, 5.74) is 1.73. The van der Waals surface area contributed by atoms with E-state index in [1.807, 2.05) is 42.5 Å². The first kappa shape index (κ1) is 20.8. The lowest BCUT2D eigenvalue weighted by Crippen LogP contribution is -2.21. The highest BCUT2D eigenvalue weighted by molar-refractivity contribution is 7.98. The third-order valence-electron chi connectivity index (χ3n) is 4.71. The Hall–Kier alpha value is -3.13. The minimum Gasteiger partial charge on any atom is -0.420 e. The zero-order chi connectivity index (χ0) is 22.1. The van der Waals surface area contributed by atoms with Crippen LogP contribution >= 0.6 is 35.0 Å². The molecule has 0 amide bonds. The van der Waals surface area contributed by atoms with E-state index in [1.165, 1.54) is 11.8 Å². The predicted octanol–water partition coefficient (Wildman–Crippen LogP) is 6.03. The molecule has 0 saturated carbocycles. The van der Waals surface area contributed by atoms with Gasteiger partial charge >= 0.3 is 0 Å². The molecule has 9 heteroatoms. The Morgan fingerprint density at radius 3 is 2.59 bits per heavy atom. The Morgan fingerprint density at radius 2 is 1.75 bits per heavy atom. The normalized spacial score (nSPS) is 11.2. The average molecular weight is 481 g/mol. The molecule has 0 aliphatic heterocycles. The van der Waals surface area contributed by atoms with Crippen molar-refractivity contribution in [2.75, 3.05) is 0 Å². The fraction of sp³-hybridized carbons (Fsp3) is 0.0435. The van der Waals surface area contributed by atoms with Gasteiger partial charge < -0.3 is 4.42 Å². The summed E-state index contributed by atoms with van der Waals surface area (Å²) in [6.45, 7) is 0. The molecule has 0 atom stereocenters. The summed E-state index contributed by atoms with van der Waals surface area (Å²) >= 11 is 13.7. The summed E-state index contributed by atoms with van der Waals surface area (Å²) in [6, 6.07) is 21.6. The molecular formula is C23H14Cl2N4O2S. The van der Waals surface area contributed by atoms with Crippen LogP contribution in [0.2, 0.25) is 10.0 Å². The molecular weight excluding hydrogens is 467 g/mol. The number of rotatable bonds is 5. The summed E-state index contributed by atoms with van der Waals surface area (Å²) in [6.07, 6.45) is 0. The molecule has 3 aromatic carbocycles. The fourth-order valence-corrected chi connectivity index (χ4v) is 4.48. The van der Waals surface area contributed by atoms with Crippen molar-refractivity contribution in [3.63, 3.8) is 0 Å². The van der Waals surface area contributed by atoms with Crippen molar-refractivity contribution in [1.29, 1.82) is 0 Å². The molecule has 2 heterocycles. The molecule has 0 bridgehead atoms. The second-order valence-electron chi connectivity index (χ2n) is 6.80. The average Bonchev–Trinajstić information content (AvgIpc) is 3.27. The van der Waals surface area contributed by atoms with E-state index in [2.05, 4.69) is 10.2 Å². The van der Waals surface area contributed by atoms with Crippen LogP contribution in [0.4, 0.5) is 0 Å². The predicted molar refractivity (Wildman–Crippen MR) is 127 cm³/mol. The van der Waals surface area contributed by atoms with Gasteiger partial charge in [-0.3, -0.25) is 9.36 Å². The van der Waals surface area contributed by atoms with Crippen molar-refractivity contribution in [1.82, 2.24) is 19.7 Å². The van der Waals surface area contributed by atoms with Crippen molar-refractivity contribution >= 4 is 45.9 Å². The molecule has 2 aromatic heterocycles. The lowest BCUT2D eigenvalue weighted by molar-refractivity contribution is 0.528. The highest BCUT2D eigenvalue weighted by atomic mass is 35.5. The molecule has 5 aromatic rings. The minimum atomic E-state index is -0.178. The molecule has 0 saturated heterocycles. The molecule has 32 heavy (non-hydrogen) atoms. The maximum Gasteiger partial charge on any atom is 0.266 e. The Labute approximate surface area is 196 Å². The van der Waals surface area contributed by atoms with Gasteiger partial charge in [0.1, 0.15) is 0 Å². The second-order valence-corrected chi connectivity index (χ2v) is 8.59. The second kappa shape index (κ2) is 8.78. The molecule has 0 aliphatic carbocycles. The van der Waals surface area contributed by atoms with Gasteiger partial charge in [-0.15, -0.1) is 10.2 Å². The van der Waals surface area contributed by atoms with Crippen LogP contribution in [0.25, 0.3) is 28.0 Å². The SMILES string of the molecule is O=c1c2ccccc2nc(SCc2nnc(-c3ccccc3Cl)o2)n1-c1cccc(Cl)c1. The number of aromatic nitrogens is 4. The number of nitrogens with zero attached hydrogens (tertiary/aromatic N) is 4. The first-order valence-corrected chi connectivity index (χ1v) is 11.3. The van der Waals surface area contributed by atoms with Crippen LogP contribution < -0.4 is 5.56 Å². The van der Waals surface area contributed by atoms with Gasteiger partial charge in [0, 0.05) is 5.02 Å². The topological polar surface area (TPSA) is 73.8 Å². The van der Waals surface area contributed by atoms with Gasteiger partial charge in [0.15, 0.2) is 5.16 Å². The third kappa shape index (κ3) is 4.02. The molecule has 6 nitrogen and oxygen atoms in total. The van der Waals surface area contributed by atoms with Gasteiger partial charge in [-0.2, -0.15) is 0 Å². The molecule has 0 radical (unpaired) electrons. The van der Waals surface area contributed by atoms with E-state index in [9.17, 15) is 4.79 Å². The van der Waals surface area contributed by atoms with Crippen molar-refractivity contribution in [3.05, 3.63) is 99.1 Å². The molecule has 0 fully saturated rings. The van der Waals surface area contributed by atoms with Gasteiger partial charge in [-0.05, 0) is 42.5 Å². The van der Waals surface area contributed by atoms with Gasteiger partial charge in [-0.25, -0.2) is 4.98 Å². The molecule has 158 valence electrons. The van der Waals surface area contributed by atoms with E-state index in [0.717, 1.165) is 0 Å². The highest BCUT2D eigenvalue weighted by Gasteiger charge is 2.16. The maximum absolute atomic E-state index is 13.3. The summed E-state index contributed by atoms with van der Waals surface area (Å²) < 4.78 is 7.34. The zero-order valence-electron chi connectivity index (χ0n) is 16.4. The largest absolute Gasteiger partial charge is 0.420 e. The van der Waals surface area contributed by atoms with Crippen molar-refractivity contribution in [2.24, 2.45) is 0 Å². The summed E-state index contributed by atoms with van der Waals surface area (Å²) in [4.78, 5) is 18.0. The molecule has 0 N–H and O–H groups in total. The quantitative estimate of drug-likeness (QED) is 0.225. The van der Waals surface area contributed by atoms with Crippen LogP contribution in [0, 0.1) is 0 Å². The van der Waals surface area contributed by atoms with Crippen LogP contribution in [0.1, 0.15) is 5.89 Å². The number of hydrogen-bond acceptors (Lipinski definition) is 6. The van der Waals surface area contributed by atoms with Crippen LogP contribution in [-0.4, -0.2) is 19.7 Å². The standard InChI is InChI=1S/C23H14Cl2N4O2S/c24-14-6-5-7-15(12-14)29-22(30)17-9-2-4-11-19(17)26-23(29)32-13-20-27-28-21(31-20)16-8-1-3-10-18(16)25/h1-12H,13H2. The number of fused-ring (bicyclic) bond motifs is 1. The van der Waals surface area contributed by atoms with Crippen LogP contribution in [0.15, 0.2) is 87.2 Å². The number of halogens is 2. The van der Waals surface area contributed by atoms with Crippen LogP contribution in [0.3, 0.4) is 0 Å². The van der Waals surface area contributed by atoms with E-state index < -0.39 is 0 Å². The highest BCUT2D eigenvalue weighted by Crippen LogP contribution is 2.29. The number of benzene rings is 3. The fourth-order valence-electron chi connectivity index (χ4n) is 3.23. The van der Waals surface area contributed by atoms with Crippen LogP contribution in [-0.2, 0) is 5.75 Å². The first-order chi connectivity index (χ1) is 15.6. The van der Waals surface area contributed by atoms with E-state index in [0.29, 0.717) is 54.9 Å². The van der Waals surface area contributed by atoms with E-state index in [1.54, 1.807) is 34.9 Å². The smallest absolute Gasteiger partial charge is 0.266 e. The molecule has 5 rings (SSSR count). The van der Waals surface area contributed by atoms with Gasteiger partial charge in [0.05, 0.1) is 32.9 Å². The number of hydrogen-bond donors (Lipinski definition) is 0. The van der Waals surface area contributed by atoms with Gasteiger partial charge in [0.25, 0.3) is 5.56 Å². The number of thioether (sulfide) groups is 1. The lowest BCUT2D eigenvalue weighted by Gasteiger charge is -2.13. The molecule has 0 spiro atoms. The first-order valence-electron chi connectivity index (χ1n) is 9.58. The van der Waals surface area contributed by atoms with Crippen molar-refractivity contribution < 1.29 is 4.42 Å². The van der Waals surface area contributed by atoms with E-state index in [-0.39, 0.29) is 5.56 Å².